The molecule has 0 aliphatic carbocycles. The SMILES string of the molecule is NCc1ccc(S(=O)(=O)NCc2ccc(F)cc2F)cn1. The van der Waals surface area contributed by atoms with E-state index in [-0.39, 0.29) is 23.5 Å². The van der Waals surface area contributed by atoms with Crippen LogP contribution in [0, 0.1) is 11.6 Å². The molecule has 1 heterocycles. The fourth-order valence-corrected chi connectivity index (χ4v) is 2.56. The van der Waals surface area contributed by atoms with E-state index in [9.17, 15) is 17.2 Å². The summed E-state index contributed by atoms with van der Waals surface area (Å²) in [7, 11) is -3.82. The van der Waals surface area contributed by atoms with Crippen molar-refractivity contribution in [3.8, 4) is 0 Å². The summed E-state index contributed by atoms with van der Waals surface area (Å²) < 4.78 is 52.4. The van der Waals surface area contributed by atoms with Gasteiger partial charge in [0.05, 0.1) is 5.69 Å². The third-order valence-corrected chi connectivity index (χ3v) is 4.17. The second-order valence-corrected chi connectivity index (χ2v) is 6.02. The summed E-state index contributed by atoms with van der Waals surface area (Å²) in [5.74, 6) is -1.53. The van der Waals surface area contributed by atoms with Crippen LogP contribution >= 0.6 is 0 Å². The highest BCUT2D eigenvalue weighted by Crippen LogP contribution is 2.12. The average molecular weight is 313 g/mol. The molecule has 0 atom stereocenters. The quantitative estimate of drug-likeness (QED) is 0.871. The molecule has 0 bridgehead atoms. The number of nitrogens with two attached hydrogens (primary N) is 1. The molecule has 0 aliphatic rings. The molecule has 3 N–H and O–H groups in total. The number of sulfonamides is 1. The highest BCUT2D eigenvalue weighted by molar-refractivity contribution is 7.89. The number of hydrogen-bond acceptors (Lipinski definition) is 4. The molecule has 8 heteroatoms. The summed E-state index contributed by atoms with van der Waals surface area (Å²) in [4.78, 5) is 3.83. The third-order valence-electron chi connectivity index (χ3n) is 2.78. The van der Waals surface area contributed by atoms with E-state index in [1.54, 1.807) is 0 Å². The number of aromatic nitrogens is 1. The van der Waals surface area contributed by atoms with E-state index in [4.69, 9.17) is 5.73 Å². The predicted octanol–water partition coefficient (Wildman–Crippen LogP) is 1.30. The minimum Gasteiger partial charge on any atom is -0.325 e. The van der Waals surface area contributed by atoms with Crippen molar-refractivity contribution in [2.24, 2.45) is 5.73 Å². The van der Waals surface area contributed by atoms with Crippen molar-refractivity contribution < 1.29 is 17.2 Å². The van der Waals surface area contributed by atoms with Crippen LogP contribution in [-0.4, -0.2) is 13.4 Å². The van der Waals surface area contributed by atoms with Gasteiger partial charge in [-0.2, -0.15) is 0 Å². The molecule has 0 fully saturated rings. The Hall–Kier alpha value is -1.90. The highest BCUT2D eigenvalue weighted by atomic mass is 32.2. The summed E-state index contributed by atoms with van der Waals surface area (Å²) in [6.07, 6.45) is 1.17. The first-order valence-electron chi connectivity index (χ1n) is 6.01. The van der Waals surface area contributed by atoms with Crippen LogP contribution in [0.2, 0.25) is 0 Å². The van der Waals surface area contributed by atoms with Crippen LogP contribution in [0.5, 0.6) is 0 Å². The zero-order valence-corrected chi connectivity index (χ0v) is 11.7. The van der Waals surface area contributed by atoms with Crippen molar-refractivity contribution in [3.05, 3.63) is 59.4 Å². The van der Waals surface area contributed by atoms with Gasteiger partial charge in [-0.3, -0.25) is 4.98 Å². The molecule has 2 aromatic rings. The van der Waals surface area contributed by atoms with Gasteiger partial charge in [0.15, 0.2) is 0 Å². The Morgan fingerprint density at radius 2 is 1.95 bits per heavy atom. The lowest BCUT2D eigenvalue weighted by Gasteiger charge is -2.08. The Bertz CT molecular complexity index is 734. The molecule has 1 aromatic carbocycles. The van der Waals surface area contributed by atoms with E-state index in [0.717, 1.165) is 6.07 Å². The molecule has 2 rings (SSSR count). The van der Waals surface area contributed by atoms with Gasteiger partial charge in [-0.1, -0.05) is 6.07 Å². The van der Waals surface area contributed by atoms with Gasteiger partial charge in [0.25, 0.3) is 0 Å². The van der Waals surface area contributed by atoms with Gasteiger partial charge in [0.1, 0.15) is 16.5 Å². The van der Waals surface area contributed by atoms with Crippen LogP contribution in [-0.2, 0) is 23.1 Å². The summed E-state index contributed by atoms with van der Waals surface area (Å²) in [6, 6.07) is 5.79. The molecule has 1 aromatic heterocycles. The Morgan fingerprint density at radius 1 is 1.19 bits per heavy atom. The van der Waals surface area contributed by atoms with E-state index >= 15 is 0 Å². The van der Waals surface area contributed by atoms with E-state index in [1.807, 2.05) is 0 Å². The van der Waals surface area contributed by atoms with E-state index in [0.29, 0.717) is 11.8 Å². The molecule has 0 unspecified atom stereocenters. The number of rotatable bonds is 5. The number of nitrogens with one attached hydrogen (secondary N) is 1. The van der Waals surface area contributed by atoms with Crippen molar-refractivity contribution in [2.75, 3.05) is 0 Å². The van der Waals surface area contributed by atoms with Gasteiger partial charge in [-0.25, -0.2) is 21.9 Å². The molecule has 0 radical (unpaired) electrons. The number of pyridine rings is 1. The molecule has 0 saturated carbocycles. The van der Waals surface area contributed by atoms with Crippen molar-refractivity contribution in [2.45, 2.75) is 18.0 Å². The Balaban J connectivity index is 2.13. The molecule has 0 aliphatic heterocycles. The van der Waals surface area contributed by atoms with Crippen molar-refractivity contribution >= 4 is 10.0 Å². The summed E-state index contributed by atoms with van der Waals surface area (Å²) in [6.45, 7) is -0.0817. The van der Waals surface area contributed by atoms with Crippen LogP contribution in [0.1, 0.15) is 11.3 Å². The first kappa shape index (κ1) is 15.5. The molecule has 5 nitrogen and oxygen atoms in total. The van der Waals surface area contributed by atoms with E-state index in [2.05, 4.69) is 9.71 Å². The second-order valence-electron chi connectivity index (χ2n) is 4.25. The number of nitrogens with zero attached hydrogens (tertiary/aromatic N) is 1. The van der Waals surface area contributed by atoms with Gasteiger partial charge in [-0.05, 0) is 18.2 Å². The summed E-state index contributed by atoms with van der Waals surface area (Å²) in [5, 5.41) is 0. The van der Waals surface area contributed by atoms with Crippen LogP contribution in [0.4, 0.5) is 8.78 Å². The largest absolute Gasteiger partial charge is 0.325 e. The lowest BCUT2D eigenvalue weighted by atomic mass is 10.2. The summed E-state index contributed by atoms with van der Waals surface area (Å²) in [5.41, 5.74) is 5.97. The predicted molar refractivity (Wildman–Crippen MR) is 72.5 cm³/mol. The van der Waals surface area contributed by atoms with Gasteiger partial charge >= 0.3 is 0 Å². The zero-order valence-electron chi connectivity index (χ0n) is 10.9. The first-order valence-corrected chi connectivity index (χ1v) is 7.49. The van der Waals surface area contributed by atoms with Crippen LogP contribution in [0.15, 0.2) is 41.4 Å². The Labute approximate surface area is 120 Å². The maximum absolute atomic E-state index is 13.4. The minimum atomic E-state index is -3.82. The lowest BCUT2D eigenvalue weighted by Crippen LogP contribution is -2.24. The maximum Gasteiger partial charge on any atom is 0.242 e. The Kier molecular flexibility index (Phi) is 4.61. The minimum absolute atomic E-state index is 0.0477. The van der Waals surface area contributed by atoms with Gasteiger partial charge < -0.3 is 5.73 Å². The molecule has 0 saturated heterocycles. The number of hydrogen-bond donors (Lipinski definition) is 2. The van der Waals surface area contributed by atoms with Crippen molar-refractivity contribution in [3.63, 3.8) is 0 Å². The normalized spacial score (nSPS) is 11.6. The molecular weight excluding hydrogens is 300 g/mol. The third kappa shape index (κ3) is 3.81. The van der Waals surface area contributed by atoms with Crippen LogP contribution in [0.3, 0.4) is 0 Å². The smallest absolute Gasteiger partial charge is 0.242 e. The van der Waals surface area contributed by atoms with E-state index in [1.165, 1.54) is 24.4 Å². The van der Waals surface area contributed by atoms with Crippen LogP contribution in [0.25, 0.3) is 0 Å². The molecular formula is C13H13F2N3O2S. The number of halogens is 2. The second kappa shape index (κ2) is 6.25. The molecule has 21 heavy (non-hydrogen) atoms. The molecule has 0 spiro atoms. The fraction of sp³-hybridized carbons (Fsp3) is 0.154. The number of benzene rings is 1. The topological polar surface area (TPSA) is 85.1 Å². The van der Waals surface area contributed by atoms with Gasteiger partial charge in [0.2, 0.25) is 10.0 Å². The van der Waals surface area contributed by atoms with Crippen LogP contribution < -0.4 is 10.5 Å². The van der Waals surface area contributed by atoms with Crippen molar-refractivity contribution in [1.82, 2.24) is 9.71 Å². The maximum atomic E-state index is 13.4. The lowest BCUT2D eigenvalue weighted by molar-refractivity contribution is 0.562. The van der Waals surface area contributed by atoms with E-state index < -0.39 is 21.7 Å². The molecule has 112 valence electrons. The Morgan fingerprint density at radius 3 is 2.52 bits per heavy atom. The first-order chi connectivity index (χ1) is 9.92. The van der Waals surface area contributed by atoms with Crippen molar-refractivity contribution in [1.29, 1.82) is 0 Å². The highest BCUT2D eigenvalue weighted by Gasteiger charge is 2.15. The van der Waals surface area contributed by atoms with Gasteiger partial charge in [0, 0.05) is 30.9 Å². The molecule has 0 amide bonds. The monoisotopic (exact) mass is 313 g/mol. The standard InChI is InChI=1S/C13H13F2N3O2S/c14-10-2-1-9(13(15)5-10)7-18-21(19,20)12-4-3-11(6-16)17-8-12/h1-5,8,18H,6-7,16H2. The van der Waals surface area contributed by atoms with Gasteiger partial charge in [-0.15, -0.1) is 0 Å². The fourth-order valence-electron chi connectivity index (χ4n) is 1.61. The average Bonchev–Trinajstić information content (AvgIpc) is 2.46. The summed E-state index contributed by atoms with van der Waals surface area (Å²) >= 11 is 0. The zero-order chi connectivity index (χ0) is 15.5.